The molecule has 0 saturated carbocycles. The standard InChI is InChI=1S/C18H23N3O3/c1-11(16-12(2)20-21(4)13(16)3)17(22)19-10-9-14-5-7-15(8-6-14)18(23)24/h5-8,11H,9-10H2,1-4H3,(H,19,22)(H,23,24). The zero-order chi connectivity index (χ0) is 17.9. The van der Waals surface area contributed by atoms with E-state index in [2.05, 4.69) is 10.4 Å². The van der Waals surface area contributed by atoms with Gasteiger partial charge in [0.1, 0.15) is 0 Å². The number of aromatic carboxylic acids is 1. The molecule has 1 aromatic heterocycles. The molecular formula is C18H23N3O3. The number of carboxylic acid groups (broad SMARTS) is 1. The van der Waals surface area contributed by atoms with Gasteiger partial charge in [0, 0.05) is 24.8 Å². The van der Waals surface area contributed by atoms with Gasteiger partial charge in [0.05, 0.1) is 17.2 Å². The van der Waals surface area contributed by atoms with Gasteiger partial charge in [-0.25, -0.2) is 4.79 Å². The molecule has 0 aliphatic rings. The number of rotatable bonds is 6. The quantitative estimate of drug-likeness (QED) is 0.851. The molecule has 2 rings (SSSR count). The van der Waals surface area contributed by atoms with E-state index in [0.29, 0.717) is 13.0 Å². The Hall–Kier alpha value is -2.63. The van der Waals surface area contributed by atoms with Crippen LogP contribution in [0.2, 0.25) is 0 Å². The summed E-state index contributed by atoms with van der Waals surface area (Å²) in [6.45, 7) is 6.27. The predicted molar refractivity (Wildman–Crippen MR) is 91.2 cm³/mol. The molecule has 1 heterocycles. The summed E-state index contributed by atoms with van der Waals surface area (Å²) in [6.07, 6.45) is 0.656. The van der Waals surface area contributed by atoms with E-state index in [4.69, 9.17) is 5.11 Å². The predicted octanol–water partition coefficient (Wildman–Crippen LogP) is 2.20. The van der Waals surface area contributed by atoms with E-state index in [1.54, 1.807) is 28.9 Å². The van der Waals surface area contributed by atoms with Gasteiger partial charge in [0.25, 0.3) is 0 Å². The lowest BCUT2D eigenvalue weighted by Gasteiger charge is -2.13. The van der Waals surface area contributed by atoms with Crippen LogP contribution in [0, 0.1) is 13.8 Å². The van der Waals surface area contributed by atoms with Gasteiger partial charge >= 0.3 is 5.97 Å². The van der Waals surface area contributed by atoms with E-state index < -0.39 is 5.97 Å². The number of benzene rings is 1. The molecule has 0 fully saturated rings. The van der Waals surface area contributed by atoms with Crippen LogP contribution in [-0.2, 0) is 18.3 Å². The number of nitrogens with zero attached hydrogens (tertiary/aromatic N) is 2. The lowest BCUT2D eigenvalue weighted by molar-refractivity contribution is -0.122. The molecule has 0 saturated heterocycles. The van der Waals surface area contributed by atoms with E-state index in [1.165, 1.54) is 0 Å². The molecule has 2 aromatic rings. The van der Waals surface area contributed by atoms with Gasteiger partial charge in [-0.1, -0.05) is 12.1 Å². The minimum absolute atomic E-state index is 0.0312. The van der Waals surface area contributed by atoms with Crippen molar-refractivity contribution in [1.82, 2.24) is 15.1 Å². The molecule has 0 aliphatic carbocycles. The second-order valence-corrected chi connectivity index (χ2v) is 5.97. The Balaban J connectivity index is 1.92. The summed E-state index contributed by atoms with van der Waals surface area (Å²) in [6, 6.07) is 6.69. The molecule has 0 bridgehead atoms. The van der Waals surface area contributed by atoms with E-state index in [-0.39, 0.29) is 17.4 Å². The number of aromatic nitrogens is 2. The van der Waals surface area contributed by atoms with Crippen LogP contribution in [0.25, 0.3) is 0 Å². The highest BCUT2D eigenvalue weighted by atomic mass is 16.4. The monoisotopic (exact) mass is 329 g/mol. The molecule has 1 aromatic carbocycles. The Morgan fingerprint density at radius 2 is 1.88 bits per heavy atom. The third-order valence-corrected chi connectivity index (χ3v) is 4.31. The summed E-state index contributed by atoms with van der Waals surface area (Å²) in [5, 5.41) is 16.2. The highest BCUT2D eigenvalue weighted by Gasteiger charge is 2.22. The fraction of sp³-hybridized carbons (Fsp3) is 0.389. The third-order valence-electron chi connectivity index (χ3n) is 4.31. The minimum Gasteiger partial charge on any atom is -0.478 e. The molecule has 128 valence electrons. The molecule has 0 spiro atoms. The van der Waals surface area contributed by atoms with Crippen molar-refractivity contribution in [2.45, 2.75) is 33.1 Å². The average Bonchev–Trinajstić information content (AvgIpc) is 2.79. The van der Waals surface area contributed by atoms with Crippen molar-refractivity contribution < 1.29 is 14.7 Å². The zero-order valence-electron chi connectivity index (χ0n) is 14.5. The number of carbonyl (C=O) groups excluding carboxylic acids is 1. The Labute approximate surface area is 141 Å². The number of nitrogens with one attached hydrogen (secondary N) is 1. The van der Waals surface area contributed by atoms with Gasteiger partial charge in [0.15, 0.2) is 0 Å². The molecule has 1 amide bonds. The van der Waals surface area contributed by atoms with E-state index >= 15 is 0 Å². The average molecular weight is 329 g/mol. The van der Waals surface area contributed by atoms with Crippen molar-refractivity contribution >= 4 is 11.9 Å². The third kappa shape index (κ3) is 3.82. The normalized spacial score (nSPS) is 12.0. The summed E-state index contributed by atoms with van der Waals surface area (Å²) in [4.78, 5) is 23.2. The van der Waals surface area contributed by atoms with Crippen molar-refractivity contribution in [2.75, 3.05) is 6.54 Å². The maximum atomic E-state index is 12.4. The van der Waals surface area contributed by atoms with Crippen LogP contribution in [0.5, 0.6) is 0 Å². The second kappa shape index (κ2) is 7.29. The first-order valence-corrected chi connectivity index (χ1v) is 7.91. The van der Waals surface area contributed by atoms with Gasteiger partial charge in [-0.3, -0.25) is 9.48 Å². The maximum Gasteiger partial charge on any atom is 0.335 e. The van der Waals surface area contributed by atoms with Gasteiger partial charge < -0.3 is 10.4 Å². The number of carbonyl (C=O) groups is 2. The van der Waals surface area contributed by atoms with E-state index in [1.807, 2.05) is 27.8 Å². The number of carboxylic acids is 1. The fourth-order valence-corrected chi connectivity index (χ4v) is 2.84. The van der Waals surface area contributed by atoms with Crippen molar-refractivity contribution in [3.63, 3.8) is 0 Å². The molecule has 6 nitrogen and oxygen atoms in total. The first-order chi connectivity index (χ1) is 11.3. The zero-order valence-corrected chi connectivity index (χ0v) is 14.5. The fourth-order valence-electron chi connectivity index (χ4n) is 2.84. The van der Waals surface area contributed by atoms with Crippen molar-refractivity contribution in [3.8, 4) is 0 Å². The Bertz CT molecular complexity index is 748. The SMILES string of the molecule is Cc1nn(C)c(C)c1C(C)C(=O)NCCc1ccc(C(=O)O)cc1. The lowest BCUT2D eigenvalue weighted by Crippen LogP contribution is -2.30. The lowest BCUT2D eigenvalue weighted by atomic mass is 9.98. The Kier molecular flexibility index (Phi) is 5.39. The summed E-state index contributed by atoms with van der Waals surface area (Å²) < 4.78 is 1.79. The van der Waals surface area contributed by atoms with E-state index in [9.17, 15) is 9.59 Å². The molecular weight excluding hydrogens is 306 g/mol. The summed E-state index contributed by atoms with van der Waals surface area (Å²) in [5.74, 6) is -1.23. The molecule has 24 heavy (non-hydrogen) atoms. The number of hydrogen-bond donors (Lipinski definition) is 2. The Morgan fingerprint density at radius 1 is 1.25 bits per heavy atom. The van der Waals surface area contributed by atoms with Crippen LogP contribution in [-0.4, -0.2) is 33.3 Å². The molecule has 2 N–H and O–H groups in total. The molecule has 1 unspecified atom stereocenters. The van der Waals surface area contributed by atoms with Gasteiger partial charge in [-0.05, 0) is 44.9 Å². The highest BCUT2D eigenvalue weighted by molar-refractivity contribution is 5.87. The van der Waals surface area contributed by atoms with Crippen LogP contribution < -0.4 is 5.32 Å². The minimum atomic E-state index is -0.939. The van der Waals surface area contributed by atoms with Crippen LogP contribution in [0.1, 0.15) is 45.7 Å². The largest absolute Gasteiger partial charge is 0.478 e. The van der Waals surface area contributed by atoms with Gasteiger partial charge in [0.2, 0.25) is 5.91 Å². The smallest absolute Gasteiger partial charge is 0.335 e. The molecule has 0 aliphatic heterocycles. The summed E-state index contributed by atoms with van der Waals surface area (Å²) >= 11 is 0. The number of aryl methyl sites for hydroxylation is 2. The number of hydrogen-bond acceptors (Lipinski definition) is 3. The van der Waals surface area contributed by atoms with Crippen LogP contribution in [0.15, 0.2) is 24.3 Å². The van der Waals surface area contributed by atoms with Crippen molar-refractivity contribution in [1.29, 1.82) is 0 Å². The summed E-state index contributed by atoms with van der Waals surface area (Å²) in [7, 11) is 1.87. The number of amides is 1. The van der Waals surface area contributed by atoms with Crippen LogP contribution in [0.4, 0.5) is 0 Å². The van der Waals surface area contributed by atoms with E-state index in [0.717, 1.165) is 22.5 Å². The van der Waals surface area contributed by atoms with Crippen LogP contribution >= 0.6 is 0 Å². The van der Waals surface area contributed by atoms with Gasteiger partial charge in [-0.2, -0.15) is 5.10 Å². The summed E-state index contributed by atoms with van der Waals surface area (Å²) in [5.41, 5.74) is 4.10. The van der Waals surface area contributed by atoms with Crippen molar-refractivity contribution in [2.24, 2.45) is 7.05 Å². The second-order valence-electron chi connectivity index (χ2n) is 5.97. The van der Waals surface area contributed by atoms with Crippen molar-refractivity contribution in [3.05, 3.63) is 52.3 Å². The van der Waals surface area contributed by atoms with Gasteiger partial charge in [-0.15, -0.1) is 0 Å². The highest BCUT2D eigenvalue weighted by Crippen LogP contribution is 2.22. The first-order valence-electron chi connectivity index (χ1n) is 7.91. The first kappa shape index (κ1) is 17.7. The Morgan fingerprint density at radius 3 is 2.38 bits per heavy atom. The maximum absolute atomic E-state index is 12.4. The topological polar surface area (TPSA) is 84.2 Å². The molecule has 6 heteroatoms. The molecule has 1 atom stereocenters. The van der Waals surface area contributed by atoms with Crippen LogP contribution in [0.3, 0.4) is 0 Å². The molecule has 0 radical (unpaired) electrons.